The molecule has 0 amide bonds. The third-order valence-corrected chi connectivity index (χ3v) is 11.5. The Morgan fingerprint density at radius 3 is 2.68 bits per heavy atom. The van der Waals surface area contributed by atoms with Gasteiger partial charge in [-0.2, -0.15) is 33.3 Å². The van der Waals surface area contributed by atoms with Gasteiger partial charge in [-0.25, -0.2) is 13.8 Å². The zero-order valence-electron chi connectivity index (χ0n) is 29.2. The number of nitrogens with zero attached hydrogens (tertiary/aromatic N) is 8. The maximum absolute atomic E-state index is 15.1. The molecule has 9 rings (SSSR count). The van der Waals surface area contributed by atoms with Crippen molar-refractivity contribution in [1.82, 2.24) is 39.0 Å². The van der Waals surface area contributed by atoms with Gasteiger partial charge < -0.3 is 18.8 Å². The molecule has 0 bridgehead atoms. The van der Waals surface area contributed by atoms with E-state index in [2.05, 4.69) is 25.9 Å². The zero-order chi connectivity index (χ0) is 36.6. The van der Waals surface area contributed by atoms with Crippen LogP contribution in [0.15, 0.2) is 47.2 Å². The molecule has 1 unspecified atom stereocenters. The van der Waals surface area contributed by atoms with Crippen molar-refractivity contribution in [1.29, 1.82) is 0 Å². The first-order chi connectivity index (χ1) is 25.5. The van der Waals surface area contributed by atoms with Crippen LogP contribution in [-0.4, -0.2) is 77.0 Å². The number of ether oxygens (including phenoxy) is 3. The van der Waals surface area contributed by atoms with E-state index in [1.807, 2.05) is 30.3 Å². The number of alkyl halides is 4. The van der Waals surface area contributed by atoms with E-state index in [1.54, 1.807) is 16.3 Å². The average molecular weight is 798 g/mol. The normalized spacial score (nSPS) is 22.4. The van der Waals surface area contributed by atoms with Crippen molar-refractivity contribution in [2.24, 2.45) is 7.05 Å². The van der Waals surface area contributed by atoms with Crippen LogP contribution in [-0.2, 0) is 24.6 Å². The molecule has 278 valence electrons. The van der Waals surface area contributed by atoms with E-state index in [-0.39, 0.29) is 52.6 Å². The second-order valence-electron chi connectivity index (χ2n) is 14.4. The first-order valence-corrected chi connectivity index (χ1v) is 18.6. The van der Waals surface area contributed by atoms with Crippen molar-refractivity contribution >= 4 is 48.9 Å². The molecule has 53 heavy (non-hydrogen) atoms. The number of halogens is 5. The average Bonchev–Trinajstić information content (AvgIpc) is 3.94. The molecule has 6 aromatic rings. The summed E-state index contributed by atoms with van der Waals surface area (Å²) in [6.07, 6.45) is 0.106. The molecule has 4 aromatic heterocycles. The highest BCUT2D eigenvalue weighted by atomic mass is 79.9. The molecule has 16 heteroatoms. The lowest BCUT2D eigenvalue weighted by molar-refractivity contribution is -0.137. The van der Waals surface area contributed by atoms with E-state index in [4.69, 9.17) is 29.3 Å². The van der Waals surface area contributed by atoms with Crippen molar-refractivity contribution < 1.29 is 31.8 Å². The van der Waals surface area contributed by atoms with Crippen LogP contribution in [0.3, 0.4) is 0 Å². The Morgan fingerprint density at radius 1 is 1.08 bits per heavy atom. The molecule has 2 aromatic carbocycles. The lowest BCUT2D eigenvalue weighted by Crippen LogP contribution is -2.43. The van der Waals surface area contributed by atoms with Crippen molar-refractivity contribution in [3.05, 3.63) is 63.9 Å². The molecule has 0 spiro atoms. The number of hydrogen-bond donors (Lipinski definition) is 0. The molecule has 11 nitrogen and oxygen atoms in total. The van der Waals surface area contributed by atoms with Gasteiger partial charge >= 0.3 is 12.2 Å². The second kappa shape index (κ2) is 12.9. The third-order valence-electron chi connectivity index (χ3n) is 11.0. The fourth-order valence-electron chi connectivity index (χ4n) is 8.60. The smallest absolute Gasteiger partial charge is 0.418 e. The van der Waals surface area contributed by atoms with E-state index in [9.17, 15) is 4.39 Å². The van der Waals surface area contributed by atoms with E-state index >= 15 is 13.2 Å². The lowest BCUT2D eigenvalue weighted by atomic mass is 9.95. The molecule has 3 atom stereocenters. The maximum atomic E-state index is 15.1. The predicted octanol–water partition coefficient (Wildman–Crippen LogP) is 7.98. The largest absolute Gasteiger partial charge is 0.472 e. The molecule has 0 aliphatic carbocycles. The van der Waals surface area contributed by atoms with Crippen LogP contribution in [0.25, 0.3) is 38.7 Å². The summed E-state index contributed by atoms with van der Waals surface area (Å²) >= 11 is 3.58. The first kappa shape index (κ1) is 34.5. The highest BCUT2D eigenvalue weighted by Gasteiger charge is 2.49. The highest BCUT2D eigenvalue weighted by molar-refractivity contribution is 9.10. The van der Waals surface area contributed by atoms with Crippen LogP contribution in [0.2, 0.25) is 0 Å². The topological polar surface area (TPSA) is 97.3 Å². The fourth-order valence-corrected chi connectivity index (χ4v) is 9.13. The van der Waals surface area contributed by atoms with Gasteiger partial charge in [-0.1, -0.05) is 30.3 Å². The molecule has 7 heterocycles. The van der Waals surface area contributed by atoms with Gasteiger partial charge in [0.1, 0.15) is 29.6 Å². The van der Waals surface area contributed by atoms with Crippen molar-refractivity contribution in [3.8, 4) is 17.6 Å². The minimum atomic E-state index is -4.72. The SMILES string of the molecule is Cc1cc2c(cnn2C2CCCCO2)c(-n2nc(Br)c3c4c(OCc5ccccc5)nc(OC[C@@]56CCCN5C[C@H](F)C6)nc4n(C)c32)c1C(F)(F)F. The lowest BCUT2D eigenvalue weighted by Gasteiger charge is -2.30. The molecule has 0 radical (unpaired) electrons. The molecule has 0 saturated carbocycles. The van der Waals surface area contributed by atoms with Crippen LogP contribution in [0.4, 0.5) is 17.6 Å². The van der Waals surface area contributed by atoms with E-state index in [1.165, 1.54) is 23.9 Å². The predicted molar refractivity (Wildman–Crippen MR) is 192 cm³/mol. The minimum absolute atomic E-state index is 0.0289. The van der Waals surface area contributed by atoms with Crippen molar-refractivity contribution in [3.63, 3.8) is 0 Å². The summed E-state index contributed by atoms with van der Waals surface area (Å²) in [5, 5.41) is 10.5. The Bertz CT molecular complexity index is 2350. The van der Waals surface area contributed by atoms with Gasteiger partial charge in [0.2, 0.25) is 5.88 Å². The quantitative estimate of drug-likeness (QED) is 0.143. The molecular formula is C37H37BrF4N8O3. The summed E-state index contributed by atoms with van der Waals surface area (Å²) in [5.41, 5.74) is 0.716. The number of aryl methyl sites for hydroxylation is 2. The zero-order valence-corrected chi connectivity index (χ0v) is 30.8. The van der Waals surface area contributed by atoms with E-state index in [0.717, 1.165) is 37.8 Å². The summed E-state index contributed by atoms with van der Waals surface area (Å²) in [6, 6.07) is 11.1. The summed E-state index contributed by atoms with van der Waals surface area (Å²) < 4.78 is 83.5. The molecular weight excluding hydrogens is 760 g/mol. The van der Waals surface area contributed by atoms with Gasteiger partial charge in [0.05, 0.1) is 39.3 Å². The van der Waals surface area contributed by atoms with E-state index < -0.39 is 23.5 Å². The van der Waals surface area contributed by atoms with Gasteiger partial charge in [-0.05, 0) is 78.7 Å². The Kier molecular flexibility index (Phi) is 8.42. The van der Waals surface area contributed by atoms with Crippen molar-refractivity contribution in [2.45, 2.75) is 76.2 Å². The highest BCUT2D eigenvalue weighted by Crippen LogP contribution is 2.46. The van der Waals surface area contributed by atoms with Crippen LogP contribution in [0.1, 0.15) is 61.4 Å². The summed E-state index contributed by atoms with van der Waals surface area (Å²) in [7, 11) is 1.72. The number of rotatable bonds is 8. The molecule has 0 N–H and O–H groups in total. The number of hydrogen-bond acceptors (Lipinski definition) is 8. The molecule has 3 aliphatic heterocycles. The molecule has 3 saturated heterocycles. The minimum Gasteiger partial charge on any atom is -0.472 e. The monoisotopic (exact) mass is 796 g/mol. The van der Waals surface area contributed by atoms with Gasteiger partial charge in [0.15, 0.2) is 11.9 Å². The van der Waals surface area contributed by atoms with Crippen LogP contribution in [0.5, 0.6) is 11.9 Å². The van der Waals surface area contributed by atoms with Gasteiger partial charge in [-0.3, -0.25) is 4.90 Å². The van der Waals surface area contributed by atoms with Crippen LogP contribution in [0, 0.1) is 6.92 Å². The van der Waals surface area contributed by atoms with Gasteiger partial charge in [-0.15, -0.1) is 0 Å². The van der Waals surface area contributed by atoms with Gasteiger partial charge in [0.25, 0.3) is 0 Å². The summed E-state index contributed by atoms with van der Waals surface area (Å²) in [6.45, 7) is 3.55. The first-order valence-electron chi connectivity index (χ1n) is 17.9. The van der Waals surface area contributed by atoms with Crippen LogP contribution >= 0.6 is 15.9 Å². The van der Waals surface area contributed by atoms with Crippen LogP contribution < -0.4 is 9.47 Å². The maximum Gasteiger partial charge on any atom is 0.418 e. The fraction of sp³-hybridized carbons (Fsp3) is 0.459. The third kappa shape index (κ3) is 5.75. The Morgan fingerprint density at radius 2 is 1.91 bits per heavy atom. The Hall–Kier alpha value is -4.28. The number of benzene rings is 2. The Labute approximate surface area is 309 Å². The standard InChI is InChI=1S/C37H37BrF4N8O3/c1-21-15-25-24(17-43-49(25)26-11-6-7-14-51-26)30(29(21)37(40,41)42)50-34-27(31(38)46-50)28-32(47(34)2)44-35(45-33(28)52-19-22-9-4-3-5-10-22)53-20-36-12-8-13-48(36)18-23(39)16-36/h3-5,9-10,15,17,23,26H,6-8,11-14,16,18-20H2,1-2H3/t23-,26?,36+/m1/s1. The second-order valence-corrected chi connectivity index (χ2v) is 15.1. The van der Waals surface area contributed by atoms with Gasteiger partial charge in [0, 0.05) is 32.0 Å². The molecule has 3 fully saturated rings. The number of fused-ring (bicyclic) bond motifs is 5. The van der Waals surface area contributed by atoms with E-state index in [0.29, 0.717) is 53.6 Å². The summed E-state index contributed by atoms with van der Waals surface area (Å²) in [5.74, 6) is 0.183. The summed E-state index contributed by atoms with van der Waals surface area (Å²) in [4.78, 5) is 11.7. The van der Waals surface area contributed by atoms with Crippen molar-refractivity contribution in [2.75, 3.05) is 26.3 Å². The molecule has 3 aliphatic rings. The Balaban J connectivity index is 1.23. The number of aromatic nitrogens is 7.